The Morgan fingerprint density at radius 1 is 0.714 bits per heavy atom. The lowest BCUT2D eigenvalue weighted by Gasteiger charge is -2.13. The normalized spacial score (nSPS) is 10.3. The highest BCUT2D eigenvalue weighted by atomic mass is 35.5. The Bertz CT molecular complexity index is 1320. The second-order valence-electron chi connectivity index (χ2n) is 7.64. The van der Waals surface area contributed by atoms with Crippen molar-refractivity contribution >= 4 is 34.8 Å². The second-order valence-corrected chi connectivity index (χ2v) is 8.07. The molecule has 0 saturated heterocycles. The van der Waals surface area contributed by atoms with E-state index in [-0.39, 0.29) is 11.8 Å². The fourth-order valence-electron chi connectivity index (χ4n) is 3.34. The van der Waals surface area contributed by atoms with E-state index in [2.05, 4.69) is 10.6 Å². The first-order chi connectivity index (χ1) is 17.0. The van der Waals surface area contributed by atoms with Crippen LogP contribution in [-0.2, 0) is 6.61 Å². The average molecular weight is 487 g/mol. The van der Waals surface area contributed by atoms with Gasteiger partial charge in [-0.05, 0) is 66.2 Å². The minimum Gasteiger partial charge on any atom is -0.493 e. The minimum atomic E-state index is -0.320. The fraction of sp³-hybridized carbons (Fsp3) is 0.0714. The number of methoxy groups -OCH3 is 1. The topological polar surface area (TPSA) is 76.7 Å². The number of amides is 2. The maximum atomic E-state index is 12.9. The van der Waals surface area contributed by atoms with E-state index in [9.17, 15) is 9.59 Å². The Morgan fingerprint density at radius 3 is 2.03 bits per heavy atom. The quantitative estimate of drug-likeness (QED) is 0.301. The molecule has 0 unspecified atom stereocenters. The van der Waals surface area contributed by atoms with Gasteiger partial charge in [0.1, 0.15) is 6.61 Å². The molecule has 4 rings (SSSR count). The van der Waals surface area contributed by atoms with Gasteiger partial charge in [0.05, 0.1) is 7.11 Å². The Morgan fingerprint density at radius 2 is 1.37 bits per heavy atom. The Balaban J connectivity index is 1.41. The van der Waals surface area contributed by atoms with E-state index >= 15 is 0 Å². The predicted octanol–water partition coefficient (Wildman–Crippen LogP) is 6.43. The molecule has 0 spiro atoms. The number of rotatable bonds is 8. The lowest BCUT2D eigenvalue weighted by molar-refractivity contribution is 0.101. The highest BCUT2D eigenvalue weighted by Crippen LogP contribution is 2.29. The van der Waals surface area contributed by atoms with Gasteiger partial charge >= 0.3 is 0 Å². The lowest BCUT2D eigenvalue weighted by atomic mass is 10.1. The molecule has 0 aromatic heterocycles. The molecule has 176 valence electrons. The maximum Gasteiger partial charge on any atom is 0.255 e. The van der Waals surface area contributed by atoms with Crippen LogP contribution in [0, 0.1) is 0 Å². The molecule has 0 fully saturated rings. The number of anilines is 2. The number of hydrogen-bond acceptors (Lipinski definition) is 4. The number of nitrogens with one attached hydrogen (secondary N) is 2. The van der Waals surface area contributed by atoms with Crippen LogP contribution in [0.2, 0.25) is 5.02 Å². The Hall–Kier alpha value is -4.29. The van der Waals surface area contributed by atoms with Crippen LogP contribution in [0.3, 0.4) is 0 Å². The van der Waals surface area contributed by atoms with Crippen LogP contribution in [0.5, 0.6) is 11.5 Å². The maximum absolute atomic E-state index is 12.9. The van der Waals surface area contributed by atoms with E-state index < -0.39 is 0 Å². The lowest BCUT2D eigenvalue weighted by Crippen LogP contribution is -2.14. The summed E-state index contributed by atoms with van der Waals surface area (Å²) in [4.78, 5) is 25.3. The van der Waals surface area contributed by atoms with Gasteiger partial charge in [0, 0.05) is 27.5 Å². The minimum absolute atomic E-state index is 0.229. The van der Waals surface area contributed by atoms with Crippen molar-refractivity contribution in [3.63, 3.8) is 0 Å². The summed E-state index contributed by atoms with van der Waals surface area (Å²) in [5, 5.41) is 6.34. The number of ether oxygens (including phenoxy) is 2. The van der Waals surface area contributed by atoms with Crippen molar-refractivity contribution in [3.8, 4) is 11.5 Å². The van der Waals surface area contributed by atoms with E-state index in [0.29, 0.717) is 45.6 Å². The van der Waals surface area contributed by atoms with Crippen LogP contribution in [0.15, 0.2) is 97.1 Å². The van der Waals surface area contributed by atoms with Crippen LogP contribution in [-0.4, -0.2) is 18.9 Å². The van der Waals surface area contributed by atoms with E-state index in [1.165, 1.54) is 7.11 Å². The van der Waals surface area contributed by atoms with Crippen molar-refractivity contribution in [2.24, 2.45) is 0 Å². The van der Waals surface area contributed by atoms with Gasteiger partial charge in [-0.3, -0.25) is 9.59 Å². The summed E-state index contributed by atoms with van der Waals surface area (Å²) in [5.74, 6) is 0.409. The van der Waals surface area contributed by atoms with Gasteiger partial charge in [-0.15, -0.1) is 0 Å². The number of hydrogen-bond donors (Lipinski definition) is 2. The Kier molecular flexibility index (Phi) is 7.65. The summed E-state index contributed by atoms with van der Waals surface area (Å²) in [6, 6.07) is 28.2. The zero-order valence-corrected chi connectivity index (χ0v) is 19.7. The van der Waals surface area contributed by atoms with Crippen LogP contribution >= 0.6 is 11.6 Å². The molecule has 0 bridgehead atoms. The van der Waals surface area contributed by atoms with Crippen molar-refractivity contribution in [2.75, 3.05) is 17.7 Å². The summed E-state index contributed by atoms with van der Waals surface area (Å²) in [6.45, 7) is 0.334. The molecular weight excluding hydrogens is 464 g/mol. The first-order valence-corrected chi connectivity index (χ1v) is 11.2. The summed E-state index contributed by atoms with van der Waals surface area (Å²) in [7, 11) is 1.52. The predicted molar refractivity (Wildman–Crippen MR) is 138 cm³/mol. The second kappa shape index (κ2) is 11.2. The molecule has 6 nitrogen and oxygen atoms in total. The van der Waals surface area contributed by atoms with Crippen molar-refractivity contribution in [1.82, 2.24) is 0 Å². The highest BCUT2D eigenvalue weighted by Gasteiger charge is 2.13. The van der Waals surface area contributed by atoms with Crippen molar-refractivity contribution in [1.29, 1.82) is 0 Å². The largest absolute Gasteiger partial charge is 0.493 e. The first-order valence-electron chi connectivity index (χ1n) is 10.8. The van der Waals surface area contributed by atoms with Crippen molar-refractivity contribution in [3.05, 3.63) is 119 Å². The van der Waals surface area contributed by atoms with E-state index in [0.717, 1.165) is 5.56 Å². The van der Waals surface area contributed by atoms with Crippen molar-refractivity contribution < 1.29 is 19.1 Å². The molecule has 4 aromatic carbocycles. The number of carbonyl (C=O) groups is 2. The smallest absolute Gasteiger partial charge is 0.255 e. The van der Waals surface area contributed by atoms with E-state index in [1.54, 1.807) is 78.9 Å². The zero-order chi connectivity index (χ0) is 24.6. The molecule has 7 heteroatoms. The van der Waals surface area contributed by atoms with Gasteiger partial charge < -0.3 is 20.1 Å². The molecule has 0 saturated carbocycles. The molecule has 0 radical (unpaired) electrons. The Labute approximate surface area is 208 Å². The third-order valence-corrected chi connectivity index (χ3v) is 5.40. The first kappa shape index (κ1) is 23.9. The third kappa shape index (κ3) is 6.40. The van der Waals surface area contributed by atoms with Gasteiger partial charge in [-0.1, -0.05) is 48.0 Å². The molecule has 0 aliphatic heterocycles. The van der Waals surface area contributed by atoms with Crippen LogP contribution in [0.25, 0.3) is 0 Å². The van der Waals surface area contributed by atoms with Crippen molar-refractivity contribution in [2.45, 2.75) is 6.61 Å². The van der Waals surface area contributed by atoms with Crippen LogP contribution in [0.1, 0.15) is 26.3 Å². The fourth-order valence-corrected chi connectivity index (χ4v) is 3.47. The molecular formula is C28H23ClN2O4. The van der Waals surface area contributed by atoms with Crippen LogP contribution < -0.4 is 20.1 Å². The molecule has 2 amide bonds. The number of benzene rings is 4. The molecule has 0 heterocycles. The number of halogens is 1. The van der Waals surface area contributed by atoms with Gasteiger partial charge in [0.2, 0.25) is 0 Å². The highest BCUT2D eigenvalue weighted by molar-refractivity contribution is 6.30. The van der Waals surface area contributed by atoms with Gasteiger partial charge in [0.15, 0.2) is 11.5 Å². The molecule has 0 atom stereocenters. The third-order valence-electron chi connectivity index (χ3n) is 5.15. The van der Waals surface area contributed by atoms with Gasteiger partial charge in [-0.25, -0.2) is 0 Å². The molecule has 4 aromatic rings. The van der Waals surface area contributed by atoms with Gasteiger partial charge in [-0.2, -0.15) is 0 Å². The van der Waals surface area contributed by atoms with E-state index in [4.69, 9.17) is 21.1 Å². The van der Waals surface area contributed by atoms with Gasteiger partial charge in [0.25, 0.3) is 11.8 Å². The monoisotopic (exact) mass is 486 g/mol. The summed E-state index contributed by atoms with van der Waals surface area (Å²) in [5.41, 5.74) is 3.02. The average Bonchev–Trinajstić information content (AvgIpc) is 2.89. The molecule has 0 aliphatic rings. The molecule has 35 heavy (non-hydrogen) atoms. The standard InChI is InChI=1S/C28H23ClN2O4/c1-34-26-16-21(12-15-25(26)35-18-19-10-13-22(29)14-11-19)28(33)31-24-9-5-8-23(17-24)30-27(32)20-6-3-2-4-7-20/h2-17H,18H2,1H3,(H,30,32)(H,31,33). The zero-order valence-electron chi connectivity index (χ0n) is 19.0. The SMILES string of the molecule is COc1cc(C(=O)Nc2cccc(NC(=O)c3ccccc3)c2)ccc1OCc1ccc(Cl)cc1. The van der Waals surface area contributed by atoms with Crippen LogP contribution in [0.4, 0.5) is 11.4 Å². The summed E-state index contributed by atoms with van der Waals surface area (Å²) >= 11 is 5.92. The van der Waals surface area contributed by atoms with E-state index in [1.807, 2.05) is 18.2 Å². The molecule has 2 N–H and O–H groups in total. The number of carbonyl (C=O) groups excluding carboxylic acids is 2. The molecule has 0 aliphatic carbocycles. The summed E-state index contributed by atoms with van der Waals surface area (Å²) < 4.78 is 11.3. The summed E-state index contributed by atoms with van der Waals surface area (Å²) in [6.07, 6.45) is 0.